The molecule has 0 bridgehead atoms. The van der Waals surface area contributed by atoms with Gasteiger partial charge in [-0.25, -0.2) is 4.98 Å². The number of aromatic nitrogens is 2. The highest BCUT2D eigenvalue weighted by Gasteiger charge is 2.38. The average molecular weight is 293 g/mol. The molecule has 1 heterocycles. The second-order valence-electron chi connectivity index (χ2n) is 5.96. The summed E-state index contributed by atoms with van der Waals surface area (Å²) in [6, 6.07) is -0.143. The highest BCUT2D eigenvalue weighted by molar-refractivity contribution is 5.78. The van der Waals surface area contributed by atoms with E-state index in [9.17, 15) is 9.59 Å². The van der Waals surface area contributed by atoms with Crippen molar-refractivity contribution in [1.29, 1.82) is 0 Å². The van der Waals surface area contributed by atoms with Crippen LogP contribution in [0.25, 0.3) is 0 Å². The second kappa shape index (κ2) is 6.74. The molecule has 0 saturated heterocycles. The van der Waals surface area contributed by atoms with Gasteiger partial charge in [0.1, 0.15) is 5.82 Å². The Morgan fingerprint density at radius 3 is 2.67 bits per heavy atom. The third-order valence-electron chi connectivity index (χ3n) is 4.32. The number of amides is 1. The molecule has 2 rings (SSSR count). The monoisotopic (exact) mass is 293 g/mol. The van der Waals surface area contributed by atoms with Crippen molar-refractivity contribution in [3.05, 3.63) is 18.2 Å². The van der Waals surface area contributed by atoms with Crippen LogP contribution in [0.2, 0.25) is 0 Å². The number of nitrogens with one attached hydrogen (secondary N) is 2. The zero-order valence-electron chi connectivity index (χ0n) is 12.4. The maximum atomic E-state index is 12.3. The summed E-state index contributed by atoms with van der Waals surface area (Å²) in [5.41, 5.74) is -0.364. The van der Waals surface area contributed by atoms with Gasteiger partial charge in [0.05, 0.1) is 12.5 Å². The van der Waals surface area contributed by atoms with Crippen LogP contribution in [-0.4, -0.2) is 27.0 Å². The Labute approximate surface area is 124 Å². The fourth-order valence-electron chi connectivity index (χ4n) is 3.28. The first-order valence-corrected chi connectivity index (χ1v) is 7.55. The molecule has 1 aromatic heterocycles. The van der Waals surface area contributed by atoms with Crippen LogP contribution in [0.15, 0.2) is 12.4 Å². The van der Waals surface area contributed by atoms with Crippen molar-refractivity contribution in [2.24, 2.45) is 5.41 Å². The standard InChI is InChI=1S/C15H23N3O3/c1-2-11(14-16-7-8-17-14)18-12(19)9-15(10-13(20)21)5-3-4-6-15/h7-8,11H,2-6,9-10H2,1H3,(H,16,17)(H,18,19)(H,20,21). The van der Waals surface area contributed by atoms with Gasteiger partial charge in [0, 0.05) is 18.8 Å². The molecule has 1 unspecified atom stereocenters. The molecule has 0 radical (unpaired) electrons. The Morgan fingerprint density at radius 1 is 1.43 bits per heavy atom. The normalized spacial score (nSPS) is 18.3. The zero-order chi connectivity index (χ0) is 15.3. The first-order chi connectivity index (χ1) is 10.0. The van der Waals surface area contributed by atoms with Crippen LogP contribution in [0, 0.1) is 5.41 Å². The van der Waals surface area contributed by atoms with E-state index in [1.807, 2.05) is 6.92 Å². The minimum atomic E-state index is -0.817. The molecule has 6 heteroatoms. The second-order valence-corrected chi connectivity index (χ2v) is 5.96. The van der Waals surface area contributed by atoms with Crippen LogP contribution < -0.4 is 5.32 Å². The number of rotatable bonds is 7. The molecule has 6 nitrogen and oxygen atoms in total. The van der Waals surface area contributed by atoms with Crippen LogP contribution in [0.5, 0.6) is 0 Å². The van der Waals surface area contributed by atoms with E-state index in [0.29, 0.717) is 0 Å². The van der Waals surface area contributed by atoms with E-state index in [1.54, 1.807) is 12.4 Å². The molecular weight excluding hydrogens is 270 g/mol. The molecule has 0 aromatic carbocycles. The van der Waals surface area contributed by atoms with Gasteiger partial charge in [-0.1, -0.05) is 19.8 Å². The summed E-state index contributed by atoms with van der Waals surface area (Å²) in [7, 11) is 0. The summed E-state index contributed by atoms with van der Waals surface area (Å²) in [6.45, 7) is 1.98. The topological polar surface area (TPSA) is 95.1 Å². The van der Waals surface area contributed by atoms with Gasteiger partial charge in [-0.05, 0) is 24.7 Å². The summed E-state index contributed by atoms with van der Waals surface area (Å²) in [6.07, 6.45) is 8.17. The molecule has 3 N–H and O–H groups in total. The predicted octanol–water partition coefficient (Wildman–Crippen LogP) is 2.40. The van der Waals surface area contributed by atoms with Crippen molar-refractivity contribution in [2.45, 2.75) is 57.9 Å². The average Bonchev–Trinajstić information content (AvgIpc) is 3.07. The highest BCUT2D eigenvalue weighted by atomic mass is 16.4. The Hall–Kier alpha value is -1.85. The molecule has 0 spiro atoms. The lowest BCUT2D eigenvalue weighted by Gasteiger charge is -2.27. The number of carboxylic acid groups (broad SMARTS) is 1. The predicted molar refractivity (Wildman–Crippen MR) is 77.5 cm³/mol. The fourth-order valence-corrected chi connectivity index (χ4v) is 3.28. The first kappa shape index (κ1) is 15.5. The number of H-pyrrole nitrogens is 1. The van der Waals surface area contributed by atoms with Crippen molar-refractivity contribution in [1.82, 2.24) is 15.3 Å². The molecule has 0 aliphatic heterocycles. The molecule has 1 aliphatic carbocycles. The van der Waals surface area contributed by atoms with E-state index in [1.165, 1.54) is 0 Å². The van der Waals surface area contributed by atoms with Gasteiger partial charge in [-0.2, -0.15) is 0 Å². The molecule has 1 fully saturated rings. The minimum Gasteiger partial charge on any atom is -0.481 e. The van der Waals surface area contributed by atoms with Gasteiger partial charge in [0.15, 0.2) is 0 Å². The van der Waals surface area contributed by atoms with Gasteiger partial charge in [0.25, 0.3) is 0 Å². The molecule has 1 aliphatic rings. The lowest BCUT2D eigenvalue weighted by molar-refractivity contribution is -0.140. The Morgan fingerprint density at radius 2 is 2.14 bits per heavy atom. The summed E-state index contributed by atoms with van der Waals surface area (Å²) >= 11 is 0. The molecule has 1 saturated carbocycles. The highest BCUT2D eigenvalue weighted by Crippen LogP contribution is 2.44. The molecule has 21 heavy (non-hydrogen) atoms. The van der Waals surface area contributed by atoms with Gasteiger partial charge >= 0.3 is 5.97 Å². The van der Waals surface area contributed by atoms with Crippen molar-refractivity contribution >= 4 is 11.9 Å². The van der Waals surface area contributed by atoms with E-state index in [2.05, 4.69) is 15.3 Å². The third-order valence-corrected chi connectivity index (χ3v) is 4.32. The van der Waals surface area contributed by atoms with E-state index >= 15 is 0 Å². The van der Waals surface area contributed by atoms with Gasteiger partial charge in [0.2, 0.25) is 5.91 Å². The van der Waals surface area contributed by atoms with Crippen molar-refractivity contribution < 1.29 is 14.7 Å². The largest absolute Gasteiger partial charge is 0.481 e. The Bertz CT molecular complexity index is 478. The number of hydrogen-bond acceptors (Lipinski definition) is 3. The Kier molecular flexibility index (Phi) is 4.98. The first-order valence-electron chi connectivity index (χ1n) is 7.55. The van der Waals surface area contributed by atoms with Crippen molar-refractivity contribution in [2.75, 3.05) is 0 Å². The van der Waals surface area contributed by atoms with E-state index in [-0.39, 0.29) is 30.2 Å². The van der Waals surface area contributed by atoms with Crippen LogP contribution in [0.4, 0.5) is 0 Å². The van der Waals surface area contributed by atoms with Crippen molar-refractivity contribution in [3.63, 3.8) is 0 Å². The van der Waals surface area contributed by atoms with Gasteiger partial charge < -0.3 is 15.4 Å². The third kappa shape index (κ3) is 4.06. The summed E-state index contributed by atoms with van der Waals surface area (Å²) in [5.74, 6) is -0.159. The number of nitrogens with zero attached hydrogens (tertiary/aromatic N) is 1. The number of carboxylic acids is 1. The Balaban J connectivity index is 1.97. The molecule has 116 valence electrons. The van der Waals surface area contributed by atoms with E-state index < -0.39 is 5.97 Å². The van der Waals surface area contributed by atoms with Crippen LogP contribution in [0.3, 0.4) is 0 Å². The number of carbonyl (C=O) groups is 2. The molecular formula is C15H23N3O3. The van der Waals surface area contributed by atoms with Crippen LogP contribution in [-0.2, 0) is 9.59 Å². The van der Waals surface area contributed by atoms with Crippen LogP contribution in [0.1, 0.15) is 63.7 Å². The summed E-state index contributed by atoms with van der Waals surface area (Å²) in [5, 5.41) is 12.1. The summed E-state index contributed by atoms with van der Waals surface area (Å²) < 4.78 is 0. The molecule has 1 atom stereocenters. The summed E-state index contributed by atoms with van der Waals surface area (Å²) in [4.78, 5) is 30.5. The lowest BCUT2D eigenvalue weighted by Crippen LogP contribution is -2.34. The van der Waals surface area contributed by atoms with E-state index in [0.717, 1.165) is 37.9 Å². The van der Waals surface area contributed by atoms with Crippen LogP contribution >= 0.6 is 0 Å². The van der Waals surface area contributed by atoms with Gasteiger partial charge in [-0.15, -0.1) is 0 Å². The SMILES string of the molecule is CCC(NC(=O)CC1(CC(=O)O)CCCC1)c1ncc[nH]1. The fraction of sp³-hybridized carbons (Fsp3) is 0.667. The van der Waals surface area contributed by atoms with E-state index in [4.69, 9.17) is 5.11 Å². The quantitative estimate of drug-likeness (QED) is 0.719. The van der Waals surface area contributed by atoms with Gasteiger partial charge in [-0.3, -0.25) is 9.59 Å². The lowest BCUT2D eigenvalue weighted by atomic mass is 9.79. The number of imidazole rings is 1. The minimum absolute atomic E-state index is 0.0813. The number of aliphatic carboxylic acids is 1. The number of aromatic amines is 1. The molecule has 1 amide bonds. The smallest absolute Gasteiger partial charge is 0.303 e. The molecule has 1 aromatic rings. The maximum absolute atomic E-state index is 12.3. The zero-order valence-corrected chi connectivity index (χ0v) is 12.4. The number of carbonyl (C=O) groups excluding carboxylic acids is 1. The maximum Gasteiger partial charge on any atom is 0.303 e. The van der Waals surface area contributed by atoms with Crippen molar-refractivity contribution in [3.8, 4) is 0 Å². The number of hydrogen-bond donors (Lipinski definition) is 3.